The van der Waals surface area contributed by atoms with E-state index < -0.39 is 0 Å². The number of hydrogen-bond acceptors (Lipinski definition) is 2. The van der Waals surface area contributed by atoms with Crippen LogP contribution in [0.2, 0.25) is 0 Å². The number of amides is 2. The monoisotopic (exact) mass is 373 g/mol. The van der Waals surface area contributed by atoms with Gasteiger partial charge >= 0.3 is 6.03 Å². The fourth-order valence-corrected chi connectivity index (χ4v) is 3.16. The van der Waals surface area contributed by atoms with Crippen LogP contribution < -0.4 is 10.2 Å². The normalized spacial score (nSPS) is 14.7. The molecule has 1 aliphatic rings. The SMILES string of the molecule is O=C(NCc1ccccc1Br)N1CCN(c2ccccc2)CC1. The average molecular weight is 374 g/mol. The predicted molar refractivity (Wildman–Crippen MR) is 96.6 cm³/mol. The molecule has 0 spiro atoms. The van der Waals surface area contributed by atoms with E-state index in [0.29, 0.717) is 6.54 Å². The molecule has 0 atom stereocenters. The van der Waals surface area contributed by atoms with Crippen LogP contribution in [-0.2, 0) is 6.54 Å². The highest BCUT2D eigenvalue weighted by Crippen LogP contribution is 2.17. The Morgan fingerprint density at radius 3 is 2.30 bits per heavy atom. The third kappa shape index (κ3) is 4.05. The van der Waals surface area contributed by atoms with Crippen LogP contribution in [0.4, 0.5) is 10.5 Å². The van der Waals surface area contributed by atoms with Crippen LogP contribution in [0.3, 0.4) is 0 Å². The number of carbonyl (C=O) groups excluding carboxylic acids is 1. The Morgan fingerprint density at radius 2 is 1.61 bits per heavy atom. The summed E-state index contributed by atoms with van der Waals surface area (Å²) in [6.07, 6.45) is 0. The molecule has 23 heavy (non-hydrogen) atoms. The molecule has 0 aromatic heterocycles. The maximum atomic E-state index is 12.3. The Kier molecular flexibility index (Phi) is 5.18. The van der Waals surface area contributed by atoms with Crippen molar-refractivity contribution in [3.05, 3.63) is 64.6 Å². The largest absolute Gasteiger partial charge is 0.368 e. The molecule has 1 N–H and O–H groups in total. The zero-order valence-corrected chi connectivity index (χ0v) is 14.5. The third-order valence-electron chi connectivity index (χ3n) is 4.08. The highest BCUT2D eigenvalue weighted by atomic mass is 79.9. The van der Waals surface area contributed by atoms with Gasteiger partial charge in [-0.25, -0.2) is 4.79 Å². The lowest BCUT2D eigenvalue weighted by atomic mass is 10.2. The molecule has 5 heteroatoms. The fraction of sp³-hybridized carbons (Fsp3) is 0.278. The lowest BCUT2D eigenvalue weighted by Crippen LogP contribution is -2.51. The van der Waals surface area contributed by atoms with Crippen molar-refractivity contribution in [2.45, 2.75) is 6.54 Å². The summed E-state index contributed by atoms with van der Waals surface area (Å²) in [4.78, 5) is 16.5. The second-order valence-corrected chi connectivity index (χ2v) is 6.41. The van der Waals surface area contributed by atoms with Crippen LogP contribution in [0, 0.1) is 0 Å². The molecule has 1 saturated heterocycles. The molecule has 2 aromatic rings. The van der Waals surface area contributed by atoms with Crippen LogP contribution in [0.15, 0.2) is 59.1 Å². The van der Waals surface area contributed by atoms with E-state index in [9.17, 15) is 4.79 Å². The molecule has 120 valence electrons. The van der Waals surface area contributed by atoms with E-state index in [1.807, 2.05) is 47.4 Å². The van der Waals surface area contributed by atoms with Gasteiger partial charge in [0.15, 0.2) is 0 Å². The van der Waals surface area contributed by atoms with E-state index in [1.165, 1.54) is 5.69 Å². The maximum Gasteiger partial charge on any atom is 0.317 e. The summed E-state index contributed by atoms with van der Waals surface area (Å²) in [5.74, 6) is 0. The molecule has 0 radical (unpaired) electrons. The Morgan fingerprint density at radius 1 is 0.957 bits per heavy atom. The van der Waals surface area contributed by atoms with Gasteiger partial charge in [0.05, 0.1) is 0 Å². The van der Waals surface area contributed by atoms with E-state index in [4.69, 9.17) is 0 Å². The van der Waals surface area contributed by atoms with Crippen molar-refractivity contribution >= 4 is 27.6 Å². The highest BCUT2D eigenvalue weighted by Gasteiger charge is 2.20. The molecule has 1 fully saturated rings. The van der Waals surface area contributed by atoms with Crippen LogP contribution >= 0.6 is 15.9 Å². The van der Waals surface area contributed by atoms with E-state index in [2.05, 4.69) is 38.3 Å². The minimum Gasteiger partial charge on any atom is -0.368 e. The molecular formula is C18H20BrN3O. The first-order valence-electron chi connectivity index (χ1n) is 7.80. The lowest BCUT2D eigenvalue weighted by molar-refractivity contribution is 0.194. The Labute approximate surface area is 145 Å². The number of carbonyl (C=O) groups is 1. The molecule has 1 aliphatic heterocycles. The van der Waals surface area contributed by atoms with Gasteiger partial charge in [-0.05, 0) is 23.8 Å². The summed E-state index contributed by atoms with van der Waals surface area (Å²) in [7, 11) is 0. The van der Waals surface area contributed by atoms with Gasteiger partial charge in [-0.1, -0.05) is 52.3 Å². The van der Waals surface area contributed by atoms with Gasteiger partial charge < -0.3 is 15.1 Å². The maximum absolute atomic E-state index is 12.3. The van der Waals surface area contributed by atoms with Gasteiger partial charge in [0, 0.05) is 42.9 Å². The van der Waals surface area contributed by atoms with Gasteiger partial charge in [-0.15, -0.1) is 0 Å². The number of urea groups is 1. The first-order valence-corrected chi connectivity index (χ1v) is 8.59. The van der Waals surface area contributed by atoms with Gasteiger partial charge in [-0.2, -0.15) is 0 Å². The standard InChI is InChI=1S/C18H20BrN3O/c19-17-9-5-4-6-15(17)14-20-18(23)22-12-10-21(11-13-22)16-7-2-1-3-8-16/h1-9H,10-14H2,(H,20,23). The summed E-state index contributed by atoms with van der Waals surface area (Å²) >= 11 is 3.50. The number of para-hydroxylation sites is 1. The Balaban J connectivity index is 1.50. The van der Waals surface area contributed by atoms with Gasteiger partial charge in [0.2, 0.25) is 0 Å². The molecule has 2 amide bonds. The number of nitrogens with zero attached hydrogens (tertiary/aromatic N) is 2. The van der Waals surface area contributed by atoms with Crippen molar-refractivity contribution in [3.63, 3.8) is 0 Å². The number of benzene rings is 2. The summed E-state index contributed by atoms with van der Waals surface area (Å²) in [6.45, 7) is 3.77. The Bertz CT molecular complexity index is 654. The number of hydrogen-bond donors (Lipinski definition) is 1. The van der Waals surface area contributed by atoms with Crippen molar-refractivity contribution < 1.29 is 4.79 Å². The smallest absolute Gasteiger partial charge is 0.317 e. The number of halogens is 1. The molecule has 3 rings (SSSR count). The first kappa shape index (κ1) is 15.9. The molecule has 0 saturated carbocycles. The van der Waals surface area contributed by atoms with Crippen molar-refractivity contribution in [3.8, 4) is 0 Å². The Hall–Kier alpha value is -2.01. The van der Waals surface area contributed by atoms with Crippen LogP contribution in [0.1, 0.15) is 5.56 Å². The number of anilines is 1. The quantitative estimate of drug-likeness (QED) is 0.893. The average Bonchev–Trinajstić information content (AvgIpc) is 2.62. The van der Waals surface area contributed by atoms with Crippen molar-refractivity contribution in [1.29, 1.82) is 0 Å². The zero-order chi connectivity index (χ0) is 16.1. The van der Waals surface area contributed by atoms with E-state index in [1.54, 1.807) is 0 Å². The van der Waals surface area contributed by atoms with E-state index in [0.717, 1.165) is 36.2 Å². The van der Waals surface area contributed by atoms with Gasteiger partial charge in [0.1, 0.15) is 0 Å². The van der Waals surface area contributed by atoms with Crippen LogP contribution in [0.5, 0.6) is 0 Å². The first-order chi connectivity index (χ1) is 11.2. The zero-order valence-electron chi connectivity index (χ0n) is 12.9. The molecule has 4 nitrogen and oxygen atoms in total. The summed E-state index contributed by atoms with van der Waals surface area (Å²) in [5.41, 5.74) is 2.31. The molecule has 2 aromatic carbocycles. The summed E-state index contributed by atoms with van der Waals surface area (Å²) in [6, 6.07) is 18.3. The predicted octanol–water partition coefficient (Wildman–Crippen LogP) is 3.48. The van der Waals surface area contributed by atoms with Crippen LogP contribution in [0.25, 0.3) is 0 Å². The van der Waals surface area contributed by atoms with Crippen molar-refractivity contribution in [2.75, 3.05) is 31.1 Å². The van der Waals surface area contributed by atoms with E-state index >= 15 is 0 Å². The highest BCUT2D eigenvalue weighted by molar-refractivity contribution is 9.10. The summed E-state index contributed by atoms with van der Waals surface area (Å²) in [5, 5.41) is 3.00. The number of piperazine rings is 1. The second-order valence-electron chi connectivity index (χ2n) is 5.56. The number of nitrogens with one attached hydrogen (secondary N) is 1. The fourth-order valence-electron chi connectivity index (χ4n) is 2.73. The minimum absolute atomic E-state index is 0.00784. The lowest BCUT2D eigenvalue weighted by Gasteiger charge is -2.36. The topological polar surface area (TPSA) is 35.6 Å². The molecule has 0 bridgehead atoms. The minimum atomic E-state index is 0.00784. The van der Waals surface area contributed by atoms with Crippen molar-refractivity contribution in [2.24, 2.45) is 0 Å². The molecule has 1 heterocycles. The third-order valence-corrected chi connectivity index (χ3v) is 4.85. The van der Waals surface area contributed by atoms with Crippen LogP contribution in [-0.4, -0.2) is 37.1 Å². The second kappa shape index (κ2) is 7.51. The van der Waals surface area contributed by atoms with E-state index in [-0.39, 0.29) is 6.03 Å². The molecular weight excluding hydrogens is 354 g/mol. The molecule has 0 unspecified atom stereocenters. The van der Waals surface area contributed by atoms with Gasteiger partial charge in [0.25, 0.3) is 0 Å². The summed E-state index contributed by atoms with van der Waals surface area (Å²) < 4.78 is 1.02. The van der Waals surface area contributed by atoms with Crippen molar-refractivity contribution in [1.82, 2.24) is 10.2 Å². The number of rotatable bonds is 3. The molecule has 0 aliphatic carbocycles. The van der Waals surface area contributed by atoms with Gasteiger partial charge in [-0.3, -0.25) is 0 Å².